The molecule has 0 unspecified atom stereocenters. The molecule has 33 heavy (non-hydrogen) atoms. The lowest BCUT2D eigenvalue weighted by Gasteiger charge is -2.10. The number of hydrogen-bond acceptors (Lipinski definition) is 4. The van der Waals surface area contributed by atoms with E-state index in [4.69, 9.17) is 9.47 Å². The smallest absolute Gasteiger partial charge is 0.275 e. The molecule has 0 atom stereocenters. The second-order valence-electron chi connectivity index (χ2n) is 7.17. The number of methoxy groups -OCH3 is 1. The van der Waals surface area contributed by atoms with Crippen LogP contribution in [-0.4, -0.2) is 19.2 Å². The summed E-state index contributed by atoms with van der Waals surface area (Å²) in [6, 6.07) is 23.3. The zero-order valence-corrected chi connectivity index (χ0v) is 19.9. The third-order valence-electron chi connectivity index (χ3n) is 4.99. The lowest BCUT2D eigenvalue weighted by molar-refractivity contribution is 0.0952. The van der Waals surface area contributed by atoms with Crippen molar-refractivity contribution in [3.05, 3.63) is 105 Å². The van der Waals surface area contributed by atoms with Crippen LogP contribution in [0, 0.1) is 9.39 Å². The predicted molar refractivity (Wildman–Crippen MR) is 135 cm³/mol. The maximum atomic E-state index is 13.8. The molecule has 1 N–H and O–H groups in total. The molecular formula is C26H20FIN2O3. The molecule has 0 aliphatic carbocycles. The first kappa shape index (κ1) is 22.7. The average molecular weight is 554 g/mol. The number of rotatable bonds is 7. The van der Waals surface area contributed by atoms with E-state index in [0.717, 1.165) is 19.9 Å². The number of hydrazone groups is 1. The fourth-order valence-electron chi connectivity index (χ4n) is 3.28. The van der Waals surface area contributed by atoms with Crippen LogP contribution in [0.15, 0.2) is 84.0 Å². The Hall–Kier alpha value is -3.46. The number of carbonyl (C=O) groups excluding carboxylic acids is 1. The predicted octanol–water partition coefficient (Wildman–Crippen LogP) is 5.94. The number of amides is 1. The van der Waals surface area contributed by atoms with Crippen LogP contribution in [0.3, 0.4) is 0 Å². The minimum atomic E-state index is -0.367. The molecular weight excluding hydrogens is 534 g/mol. The summed E-state index contributed by atoms with van der Waals surface area (Å²) in [5.74, 6) is 0.455. The average Bonchev–Trinajstić information content (AvgIpc) is 2.83. The van der Waals surface area contributed by atoms with Gasteiger partial charge in [-0.3, -0.25) is 4.79 Å². The lowest BCUT2D eigenvalue weighted by atomic mass is 10.1. The molecule has 7 heteroatoms. The summed E-state index contributed by atoms with van der Waals surface area (Å²) in [6.07, 6.45) is 1.55. The number of nitrogens with one attached hydrogen (secondary N) is 1. The van der Waals surface area contributed by atoms with Gasteiger partial charge in [0, 0.05) is 5.56 Å². The van der Waals surface area contributed by atoms with Crippen molar-refractivity contribution >= 4 is 45.5 Å². The Morgan fingerprint density at radius 2 is 1.73 bits per heavy atom. The van der Waals surface area contributed by atoms with Crippen LogP contribution in [-0.2, 0) is 6.61 Å². The van der Waals surface area contributed by atoms with E-state index in [2.05, 4.69) is 33.1 Å². The molecule has 0 aliphatic heterocycles. The molecule has 0 spiro atoms. The molecule has 4 rings (SSSR count). The Bertz CT molecular complexity index is 1340. The van der Waals surface area contributed by atoms with E-state index in [1.54, 1.807) is 36.5 Å². The quantitative estimate of drug-likeness (QED) is 0.175. The van der Waals surface area contributed by atoms with Crippen molar-refractivity contribution < 1.29 is 18.7 Å². The third kappa shape index (κ3) is 5.48. The fourth-order valence-corrected chi connectivity index (χ4v) is 3.97. The van der Waals surface area contributed by atoms with Gasteiger partial charge in [0.25, 0.3) is 5.91 Å². The molecule has 0 saturated carbocycles. The highest BCUT2D eigenvalue weighted by Gasteiger charge is 2.13. The Labute approximate surface area is 204 Å². The molecule has 4 aromatic rings. The Balaban J connectivity index is 1.42. The van der Waals surface area contributed by atoms with Gasteiger partial charge >= 0.3 is 0 Å². The molecule has 5 nitrogen and oxygen atoms in total. The number of fused-ring (bicyclic) bond motifs is 1. The zero-order chi connectivity index (χ0) is 23.2. The van der Waals surface area contributed by atoms with E-state index in [-0.39, 0.29) is 18.3 Å². The van der Waals surface area contributed by atoms with E-state index in [0.29, 0.717) is 22.6 Å². The van der Waals surface area contributed by atoms with Crippen LogP contribution in [0.4, 0.5) is 4.39 Å². The summed E-state index contributed by atoms with van der Waals surface area (Å²) >= 11 is 2.14. The zero-order valence-electron chi connectivity index (χ0n) is 17.7. The maximum Gasteiger partial charge on any atom is 0.275 e. The monoisotopic (exact) mass is 554 g/mol. The van der Waals surface area contributed by atoms with Crippen LogP contribution in [0.25, 0.3) is 10.8 Å². The Kier molecular flexibility index (Phi) is 7.19. The largest absolute Gasteiger partial charge is 0.496 e. The third-order valence-corrected chi connectivity index (χ3v) is 5.83. The van der Waals surface area contributed by atoms with Crippen molar-refractivity contribution in [3.8, 4) is 11.5 Å². The van der Waals surface area contributed by atoms with Crippen molar-refractivity contribution in [1.29, 1.82) is 0 Å². The topological polar surface area (TPSA) is 59.9 Å². The van der Waals surface area contributed by atoms with Gasteiger partial charge < -0.3 is 9.47 Å². The van der Waals surface area contributed by atoms with Crippen molar-refractivity contribution in [1.82, 2.24) is 5.43 Å². The normalized spacial score (nSPS) is 11.0. The Morgan fingerprint density at radius 1 is 1.00 bits per heavy atom. The van der Waals surface area contributed by atoms with Gasteiger partial charge in [-0.2, -0.15) is 5.10 Å². The van der Waals surface area contributed by atoms with Gasteiger partial charge in [-0.25, -0.2) is 9.82 Å². The molecule has 0 saturated heterocycles. The molecule has 1 amide bonds. The molecule has 0 aromatic heterocycles. The minimum Gasteiger partial charge on any atom is -0.496 e. The van der Waals surface area contributed by atoms with Gasteiger partial charge in [0.2, 0.25) is 0 Å². The van der Waals surface area contributed by atoms with Crippen molar-refractivity contribution in [2.24, 2.45) is 5.10 Å². The molecule has 0 fully saturated rings. The molecule has 4 aromatic carbocycles. The molecule has 0 aliphatic rings. The van der Waals surface area contributed by atoms with Crippen molar-refractivity contribution in [3.63, 3.8) is 0 Å². The summed E-state index contributed by atoms with van der Waals surface area (Å²) in [5.41, 5.74) is 4.22. The first-order valence-corrected chi connectivity index (χ1v) is 11.2. The van der Waals surface area contributed by atoms with Gasteiger partial charge in [0.15, 0.2) is 0 Å². The number of benzene rings is 4. The van der Waals surface area contributed by atoms with Gasteiger partial charge in [-0.15, -0.1) is 0 Å². The van der Waals surface area contributed by atoms with E-state index in [1.165, 1.54) is 13.2 Å². The summed E-state index contributed by atoms with van der Waals surface area (Å²) in [7, 11) is 1.53. The van der Waals surface area contributed by atoms with E-state index in [1.807, 2.05) is 42.5 Å². The number of hydrogen-bond donors (Lipinski definition) is 1. The van der Waals surface area contributed by atoms with Gasteiger partial charge in [0.1, 0.15) is 23.9 Å². The number of halogens is 2. The molecule has 0 radical (unpaired) electrons. The van der Waals surface area contributed by atoms with E-state index < -0.39 is 0 Å². The summed E-state index contributed by atoms with van der Waals surface area (Å²) < 4.78 is 25.7. The standard InChI is InChI=1S/C26H20FIN2O3/c1-32-25-14-19-7-3-2-6-18(19)13-21(25)26(31)30-29-15-17-10-11-24(23(28)12-17)33-16-20-8-4-5-9-22(20)27/h2-15H,16H2,1H3,(H,30,31)/b29-15-. The maximum absolute atomic E-state index is 13.8. The van der Waals surface area contributed by atoms with Gasteiger partial charge in [-0.05, 0) is 75.3 Å². The van der Waals surface area contributed by atoms with Gasteiger partial charge in [-0.1, -0.05) is 42.5 Å². The lowest BCUT2D eigenvalue weighted by Crippen LogP contribution is -2.18. The second kappa shape index (κ2) is 10.4. The SMILES string of the molecule is COc1cc2ccccc2cc1C(=O)N/N=C\c1ccc(OCc2ccccc2F)c(I)c1. The number of ether oxygens (including phenoxy) is 2. The number of carbonyl (C=O) groups is 1. The van der Waals surface area contributed by atoms with Crippen LogP contribution in [0.5, 0.6) is 11.5 Å². The van der Waals surface area contributed by atoms with Crippen molar-refractivity contribution in [2.45, 2.75) is 6.61 Å². The highest BCUT2D eigenvalue weighted by atomic mass is 127. The molecule has 166 valence electrons. The highest BCUT2D eigenvalue weighted by molar-refractivity contribution is 14.1. The number of nitrogens with zero attached hydrogens (tertiary/aromatic N) is 1. The van der Waals surface area contributed by atoms with Crippen LogP contribution >= 0.6 is 22.6 Å². The molecule has 0 heterocycles. The fraction of sp³-hybridized carbons (Fsp3) is 0.0769. The second-order valence-corrected chi connectivity index (χ2v) is 8.33. The van der Waals surface area contributed by atoms with Crippen molar-refractivity contribution in [2.75, 3.05) is 7.11 Å². The minimum absolute atomic E-state index is 0.139. The first-order valence-electron chi connectivity index (χ1n) is 10.1. The van der Waals surface area contributed by atoms with Crippen LogP contribution < -0.4 is 14.9 Å². The van der Waals surface area contributed by atoms with Crippen LogP contribution in [0.1, 0.15) is 21.5 Å². The first-order chi connectivity index (χ1) is 16.0. The summed E-state index contributed by atoms with van der Waals surface area (Å²) in [4.78, 5) is 12.7. The van der Waals surface area contributed by atoms with E-state index in [9.17, 15) is 9.18 Å². The van der Waals surface area contributed by atoms with E-state index >= 15 is 0 Å². The van der Waals surface area contributed by atoms with Crippen LogP contribution in [0.2, 0.25) is 0 Å². The summed E-state index contributed by atoms with van der Waals surface area (Å²) in [5, 5.41) is 6.00. The Morgan fingerprint density at radius 3 is 2.45 bits per heavy atom. The van der Waals surface area contributed by atoms with Gasteiger partial charge in [0.05, 0.1) is 22.5 Å². The molecule has 0 bridgehead atoms. The highest BCUT2D eigenvalue weighted by Crippen LogP contribution is 2.26. The summed E-state index contributed by atoms with van der Waals surface area (Å²) in [6.45, 7) is 0.139.